The Bertz CT molecular complexity index is 200. The zero-order chi connectivity index (χ0) is 15.8. The number of ether oxygens (including phenoxy) is 1. The van der Waals surface area contributed by atoms with Crippen LogP contribution in [0.2, 0.25) is 0 Å². The number of hydrogen-bond acceptors (Lipinski definition) is 3. The van der Waals surface area contributed by atoms with Crippen molar-refractivity contribution in [1.29, 1.82) is 0 Å². The maximum atomic E-state index is 6.06. The molecule has 2 atom stereocenters. The quantitative estimate of drug-likeness (QED) is 0.416. The van der Waals surface area contributed by atoms with Crippen LogP contribution in [0, 0.1) is 0 Å². The Balaban J connectivity index is 3.30. The summed E-state index contributed by atoms with van der Waals surface area (Å²) in [5, 5.41) is 0. The Morgan fingerprint density at radius 2 is 1.33 bits per heavy atom. The van der Waals surface area contributed by atoms with Gasteiger partial charge in [-0.2, -0.15) is 0 Å². The Labute approximate surface area is 133 Å². The minimum atomic E-state index is 0.100. The van der Waals surface area contributed by atoms with Gasteiger partial charge in [-0.15, -0.1) is 0 Å². The Kier molecular flexibility index (Phi) is 16.2. The molecule has 3 heteroatoms. The van der Waals surface area contributed by atoms with E-state index in [9.17, 15) is 0 Å². The van der Waals surface area contributed by atoms with Crippen molar-refractivity contribution >= 4 is 0 Å². The predicted octanol–water partition coefficient (Wildman–Crippen LogP) is 4.38. The molecule has 0 fully saturated rings. The van der Waals surface area contributed by atoms with Gasteiger partial charge in [0.25, 0.3) is 0 Å². The molecule has 128 valence electrons. The summed E-state index contributed by atoms with van der Waals surface area (Å²) >= 11 is 0. The van der Waals surface area contributed by atoms with Crippen molar-refractivity contribution in [3.63, 3.8) is 0 Å². The smallest absolute Gasteiger partial charge is 0.0723 e. The third-order valence-electron chi connectivity index (χ3n) is 4.21. The van der Waals surface area contributed by atoms with E-state index in [1.807, 2.05) is 0 Å². The van der Waals surface area contributed by atoms with E-state index >= 15 is 0 Å². The van der Waals surface area contributed by atoms with Crippen LogP contribution in [0.1, 0.15) is 90.9 Å². The van der Waals surface area contributed by atoms with Gasteiger partial charge < -0.3 is 16.2 Å². The SMILES string of the molecule is CCCCCCCCCCCCOC(CC)C(N)CCN. The number of unbranched alkanes of at least 4 members (excludes halogenated alkanes) is 9. The Morgan fingerprint density at radius 3 is 1.81 bits per heavy atom. The van der Waals surface area contributed by atoms with E-state index in [0.29, 0.717) is 6.54 Å². The molecule has 4 N–H and O–H groups in total. The third kappa shape index (κ3) is 13.3. The van der Waals surface area contributed by atoms with Crippen molar-refractivity contribution in [1.82, 2.24) is 0 Å². The molecule has 0 saturated heterocycles. The molecule has 0 heterocycles. The Morgan fingerprint density at radius 1 is 0.810 bits per heavy atom. The normalized spacial score (nSPS) is 14.3. The monoisotopic (exact) mass is 300 g/mol. The van der Waals surface area contributed by atoms with E-state index in [1.165, 1.54) is 64.2 Å². The third-order valence-corrected chi connectivity index (χ3v) is 4.21. The first kappa shape index (κ1) is 20.9. The van der Waals surface area contributed by atoms with Crippen LogP contribution >= 0.6 is 0 Å². The summed E-state index contributed by atoms with van der Waals surface area (Å²) in [6.07, 6.45) is 15.6. The second kappa shape index (κ2) is 16.3. The van der Waals surface area contributed by atoms with Crippen molar-refractivity contribution < 1.29 is 4.74 Å². The standard InChI is InChI=1S/C18H40N2O/c1-3-5-6-7-8-9-10-11-12-13-16-21-18(4-2)17(20)14-15-19/h17-18H,3-16,19-20H2,1-2H3. The van der Waals surface area contributed by atoms with Crippen LogP contribution in [0.15, 0.2) is 0 Å². The minimum Gasteiger partial charge on any atom is -0.377 e. The number of nitrogens with two attached hydrogens (primary N) is 2. The fourth-order valence-corrected chi connectivity index (χ4v) is 2.75. The predicted molar refractivity (Wildman–Crippen MR) is 93.5 cm³/mol. The van der Waals surface area contributed by atoms with Crippen molar-refractivity contribution in [3.05, 3.63) is 0 Å². The molecular formula is C18H40N2O. The molecule has 0 spiro atoms. The lowest BCUT2D eigenvalue weighted by Crippen LogP contribution is -2.38. The molecule has 0 aromatic rings. The van der Waals surface area contributed by atoms with E-state index in [1.54, 1.807) is 0 Å². The molecular weight excluding hydrogens is 260 g/mol. The van der Waals surface area contributed by atoms with Crippen molar-refractivity contribution in [2.24, 2.45) is 11.5 Å². The van der Waals surface area contributed by atoms with E-state index in [4.69, 9.17) is 16.2 Å². The zero-order valence-corrected chi connectivity index (χ0v) is 14.6. The summed E-state index contributed by atoms with van der Waals surface area (Å²) in [6, 6.07) is 0.100. The van der Waals surface area contributed by atoms with Crippen LogP contribution < -0.4 is 11.5 Å². The van der Waals surface area contributed by atoms with Crippen LogP contribution in [0.25, 0.3) is 0 Å². The zero-order valence-electron chi connectivity index (χ0n) is 14.6. The lowest BCUT2D eigenvalue weighted by molar-refractivity contribution is 0.0294. The van der Waals surface area contributed by atoms with E-state index in [2.05, 4.69) is 13.8 Å². The van der Waals surface area contributed by atoms with Gasteiger partial charge in [-0.3, -0.25) is 0 Å². The van der Waals surface area contributed by atoms with Gasteiger partial charge in [-0.1, -0.05) is 71.6 Å². The van der Waals surface area contributed by atoms with Crippen molar-refractivity contribution in [2.45, 2.75) is 103 Å². The highest BCUT2D eigenvalue weighted by Crippen LogP contribution is 2.11. The maximum absolute atomic E-state index is 6.06. The molecule has 0 rings (SSSR count). The highest BCUT2D eigenvalue weighted by molar-refractivity contribution is 4.72. The summed E-state index contributed by atoms with van der Waals surface area (Å²) in [5.74, 6) is 0. The number of hydrogen-bond donors (Lipinski definition) is 2. The molecule has 0 aromatic heterocycles. The van der Waals surface area contributed by atoms with Crippen LogP contribution in [-0.2, 0) is 4.74 Å². The summed E-state index contributed by atoms with van der Waals surface area (Å²) in [6.45, 7) is 5.92. The van der Waals surface area contributed by atoms with Gasteiger partial charge in [0.2, 0.25) is 0 Å². The van der Waals surface area contributed by atoms with Gasteiger partial charge in [0.1, 0.15) is 0 Å². The van der Waals surface area contributed by atoms with Crippen LogP contribution in [0.4, 0.5) is 0 Å². The first-order chi connectivity index (χ1) is 10.3. The molecule has 0 amide bonds. The first-order valence-corrected chi connectivity index (χ1v) is 9.33. The Hall–Kier alpha value is -0.120. The summed E-state index contributed by atoms with van der Waals surface area (Å²) in [4.78, 5) is 0. The van der Waals surface area contributed by atoms with E-state index < -0.39 is 0 Å². The first-order valence-electron chi connectivity index (χ1n) is 9.33. The molecule has 21 heavy (non-hydrogen) atoms. The average molecular weight is 301 g/mol. The molecule has 0 saturated carbocycles. The van der Waals surface area contributed by atoms with Crippen LogP contribution in [0.3, 0.4) is 0 Å². The molecule has 0 aliphatic heterocycles. The van der Waals surface area contributed by atoms with Gasteiger partial charge in [0.15, 0.2) is 0 Å². The van der Waals surface area contributed by atoms with Crippen LogP contribution in [-0.4, -0.2) is 25.3 Å². The molecule has 0 aromatic carbocycles. The van der Waals surface area contributed by atoms with Gasteiger partial charge in [-0.05, 0) is 25.8 Å². The van der Waals surface area contributed by atoms with Crippen molar-refractivity contribution in [3.8, 4) is 0 Å². The van der Waals surface area contributed by atoms with Crippen molar-refractivity contribution in [2.75, 3.05) is 13.2 Å². The highest BCUT2D eigenvalue weighted by Gasteiger charge is 2.15. The molecule has 2 unspecified atom stereocenters. The average Bonchev–Trinajstić information content (AvgIpc) is 2.48. The van der Waals surface area contributed by atoms with E-state index in [-0.39, 0.29) is 12.1 Å². The molecule has 0 radical (unpaired) electrons. The topological polar surface area (TPSA) is 61.3 Å². The molecule has 0 bridgehead atoms. The molecule has 3 nitrogen and oxygen atoms in total. The van der Waals surface area contributed by atoms with E-state index in [0.717, 1.165) is 19.4 Å². The van der Waals surface area contributed by atoms with Crippen LogP contribution in [0.5, 0.6) is 0 Å². The van der Waals surface area contributed by atoms with Gasteiger partial charge >= 0.3 is 0 Å². The lowest BCUT2D eigenvalue weighted by Gasteiger charge is -2.22. The van der Waals surface area contributed by atoms with Gasteiger partial charge in [-0.25, -0.2) is 0 Å². The molecule has 0 aliphatic carbocycles. The van der Waals surface area contributed by atoms with Gasteiger partial charge in [0.05, 0.1) is 6.10 Å². The fraction of sp³-hybridized carbons (Fsp3) is 1.00. The van der Waals surface area contributed by atoms with Gasteiger partial charge in [0, 0.05) is 12.6 Å². The maximum Gasteiger partial charge on any atom is 0.0723 e. The number of rotatable bonds is 16. The molecule has 0 aliphatic rings. The summed E-state index contributed by atoms with van der Waals surface area (Å²) < 4.78 is 5.90. The summed E-state index contributed by atoms with van der Waals surface area (Å²) in [5.41, 5.74) is 11.6. The minimum absolute atomic E-state index is 0.100. The highest BCUT2D eigenvalue weighted by atomic mass is 16.5. The largest absolute Gasteiger partial charge is 0.377 e. The summed E-state index contributed by atoms with van der Waals surface area (Å²) in [7, 11) is 0. The lowest BCUT2D eigenvalue weighted by atomic mass is 10.1. The second-order valence-corrected chi connectivity index (χ2v) is 6.24. The second-order valence-electron chi connectivity index (χ2n) is 6.24. The fourth-order valence-electron chi connectivity index (χ4n) is 2.75.